The highest BCUT2D eigenvalue weighted by Crippen LogP contribution is 2.32. The lowest BCUT2D eigenvalue weighted by Gasteiger charge is -1.99. The van der Waals surface area contributed by atoms with Crippen molar-refractivity contribution in [3.05, 3.63) is 74.0 Å². The second-order valence-electron chi connectivity index (χ2n) is 5.55. The highest BCUT2D eigenvalue weighted by Gasteiger charge is 2.12. The zero-order chi connectivity index (χ0) is 18.8. The molecule has 4 rings (SSSR count). The first-order valence-corrected chi connectivity index (χ1v) is 10.3. The zero-order valence-electron chi connectivity index (χ0n) is 13.6. The van der Waals surface area contributed by atoms with Gasteiger partial charge in [0.1, 0.15) is 22.6 Å². The van der Waals surface area contributed by atoms with Crippen molar-refractivity contribution in [3.8, 4) is 28.0 Å². The molecule has 0 saturated heterocycles. The second kappa shape index (κ2) is 7.71. The molecule has 0 amide bonds. The predicted octanol–water partition coefficient (Wildman–Crippen LogP) is 7.50. The Morgan fingerprint density at radius 1 is 1.11 bits per heavy atom. The van der Waals surface area contributed by atoms with Crippen LogP contribution < -0.4 is 0 Å². The Hall–Kier alpha value is -2.36. The number of thiazole rings is 1. The van der Waals surface area contributed by atoms with E-state index in [-0.39, 0.29) is 0 Å². The second-order valence-corrected chi connectivity index (χ2v) is 8.22. The molecule has 7 heteroatoms. The van der Waals surface area contributed by atoms with Crippen LogP contribution >= 0.6 is 45.9 Å². The molecule has 0 bridgehead atoms. The summed E-state index contributed by atoms with van der Waals surface area (Å²) in [5, 5.41) is 15.2. The van der Waals surface area contributed by atoms with Gasteiger partial charge in [-0.05, 0) is 41.8 Å². The number of benzene rings is 1. The van der Waals surface area contributed by atoms with Gasteiger partial charge in [-0.1, -0.05) is 29.3 Å². The third-order valence-corrected chi connectivity index (χ3v) is 5.89. The van der Waals surface area contributed by atoms with E-state index in [0.717, 1.165) is 16.1 Å². The predicted molar refractivity (Wildman–Crippen MR) is 113 cm³/mol. The van der Waals surface area contributed by atoms with E-state index >= 15 is 0 Å². The minimum Gasteiger partial charge on any atom is -0.457 e. The summed E-state index contributed by atoms with van der Waals surface area (Å²) in [5.41, 5.74) is 2.10. The minimum atomic E-state index is 0.452. The summed E-state index contributed by atoms with van der Waals surface area (Å²) in [6.45, 7) is 0. The van der Waals surface area contributed by atoms with Crippen LogP contribution in [0.4, 0.5) is 0 Å². The van der Waals surface area contributed by atoms with Crippen LogP contribution in [0.1, 0.15) is 10.8 Å². The molecule has 132 valence electrons. The maximum Gasteiger partial charge on any atom is 0.134 e. The number of hydrogen-bond donors (Lipinski definition) is 0. The summed E-state index contributed by atoms with van der Waals surface area (Å²) in [6, 6.07) is 15.0. The Morgan fingerprint density at radius 2 is 1.93 bits per heavy atom. The number of rotatable bonds is 4. The van der Waals surface area contributed by atoms with Crippen LogP contribution in [-0.4, -0.2) is 4.98 Å². The van der Waals surface area contributed by atoms with Crippen molar-refractivity contribution in [1.29, 1.82) is 5.26 Å². The van der Waals surface area contributed by atoms with Gasteiger partial charge in [0.25, 0.3) is 0 Å². The standard InChI is InChI=1S/C20H10Cl2N2OS2/c21-14-6-12(7-15(22)9-14)18-4-3-16(25-18)8-13(10-23)20-24-17(11-27-20)19-2-1-5-26-19/h1-9,11H/b13-8+. The van der Waals surface area contributed by atoms with Gasteiger partial charge in [0.05, 0.1) is 16.1 Å². The number of furan rings is 1. The molecule has 4 aromatic rings. The van der Waals surface area contributed by atoms with E-state index in [1.54, 1.807) is 41.7 Å². The smallest absolute Gasteiger partial charge is 0.134 e. The third-order valence-electron chi connectivity index (χ3n) is 3.69. The SMILES string of the molecule is N#C/C(=C\c1ccc(-c2cc(Cl)cc(Cl)c2)o1)c1nc(-c2cccs2)cs1. The fourth-order valence-electron chi connectivity index (χ4n) is 2.50. The van der Waals surface area contributed by atoms with Gasteiger partial charge in [-0.3, -0.25) is 0 Å². The van der Waals surface area contributed by atoms with Crippen LogP contribution in [0.2, 0.25) is 10.0 Å². The molecule has 0 fully saturated rings. The fraction of sp³-hybridized carbons (Fsp3) is 0. The Labute approximate surface area is 173 Å². The molecule has 3 aromatic heterocycles. The normalized spacial score (nSPS) is 11.5. The Morgan fingerprint density at radius 3 is 2.63 bits per heavy atom. The summed E-state index contributed by atoms with van der Waals surface area (Å²) in [4.78, 5) is 5.65. The number of halogens is 2. The fourth-order valence-corrected chi connectivity index (χ4v) is 4.57. The van der Waals surface area contributed by atoms with Crippen molar-refractivity contribution >= 4 is 57.5 Å². The van der Waals surface area contributed by atoms with Crippen LogP contribution in [0, 0.1) is 11.3 Å². The van der Waals surface area contributed by atoms with Crippen LogP contribution in [0.15, 0.2) is 57.6 Å². The minimum absolute atomic E-state index is 0.452. The molecule has 0 radical (unpaired) electrons. The summed E-state index contributed by atoms with van der Waals surface area (Å²) >= 11 is 15.2. The van der Waals surface area contributed by atoms with E-state index in [1.165, 1.54) is 11.3 Å². The van der Waals surface area contributed by atoms with E-state index in [1.807, 2.05) is 29.0 Å². The van der Waals surface area contributed by atoms with E-state index in [0.29, 0.717) is 32.1 Å². The van der Waals surface area contributed by atoms with Crippen LogP contribution in [0.5, 0.6) is 0 Å². The first-order chi connectivity index (χ1) is 13.1. The lowest BCUT2D eigenvalue weighted by molar-refractivity contribution is 0.572. The summed E-state index contributed by atoms with van der Waals surface area (Å²) < 4.78 is 5.85. The van der Waals surface area contributed by atoms with Crippen molar-refractivity contribution < 1.29 is 4.42 Å². The highest BCUT2D eigenvalue weighted by molar-refractivity contribution is 7.14. The van der Waals surface area contributed by atoms with E-state index in [4.69, 9.17) is 27.6 Å². The largest absolute Gasteiger partial charge is 0.457 e. The van der Waals surface area contributed by atoms with Crippen molar-refractivity contribution in [1.82, 2.24) is 4.98 Å². The molecule has 0 aliphatic carbocycles. The number of allylic oxidation sites excluding steroid dienone is 1. The molecule has 0 N–H and O–H groups in total. The molecular weight excluding hydrogens is 419 g/mol. The number of hydrogen-bond acceptors (Lipinski definition) is 5. The van der Waals surface area contributed by atoms with Crippen LogP contribution in [-0.2, 0) is 0 Å². The highest BCUT2D eigenvalue weighted by atomic mass is 35.5. The zero-order valence-corrected chi connectivity index (χ0v) is 16.8. The maximum absolute atomic E-state index is 9.55. The first kappa shape index (κ1) is 18.0. The van der Waals surface area contributed by atoms with Gasteiger partial charge in [0.15, 0.2) is 0 Å². The summed E-state index contributed by atoms with van der Waals surface area (Å²) in [6.07, 6.45) is 1.69. The van der Waals surface area contributed by atoms with E-state index < -0.39 is 0 Å². The van der Waals surface area contributed by atoms with Gasteiger partial charge in [0.2, 0.25) is 0 Å². The third kappa shape index (κ3) is 4.00. The molecule has 0 aliphatic heterocycles. The molecule has 0 unspecified atom stereocenters. The van der Waals surface area contributed by atoms with Gasteiger partial charge in [-0.2, -0.15) is 5.26 Å². The molecule has 0 aliphatic rings. The lowest BCUT2D eigenvalue weighted by atomic mass is 10.2. The molecular formula is C20H10Cl2N2OS2. The molecule has 0 spiro atoms. The molecule has 1 aromatic carbocycles. The first-order valence-electron chi connectivity index (χ1n) is 7.80. The Balaban J connectivity index is 1.64. The monoisotopic (exact) mass is 428 g/mol. The number of aromatic nitrogens is 1. The van der Waals surface area contributed by atoms with Gasteiger partial charge in [-0.15, -0.1) is 22.7 Å². The number of thiophene rings is 1. The van der Waals surface area contributed by atoms with E-state index in [2.05, 4.69) is 11.1 Å². The Bertz CT molecular complexity index is 1150. The maximum atomic E-state index is 9.55. The topological polar surface area (TPSA) is 49.8 Å². The molecule has 0 saturated carbocycles. The summed E-state index contributed by atoms with van der Waals surface area (Å²) in [5.74, 6) is 1.19. The van der Waals surface area contributed by atoms with Crippen LogP contribution in [0.3, 0.4) is 0 Å². The lowest BCUT2D eigenvalue weighted by Crippen LogP contribution is -1.80. The van der Waals surface area contributed by atoms with Gasteiger partial charge in [0, 0.05) is 27.1 Å². The van der Waals surface area contributed by atoms with Gasteiger partial charge >= 0.3 is 0 Å². The quantitative estimate of drug-likeness (QED) is 0.316. The van der Waals surface area contributed by atoms with Crippen LogP contribution in [0.25, 0.3) is 33.5 Å². The van der Waals surface area contributed by atoms with Crippen molar-refractivity contribution in [3.63, 3.8) is 0 Å². The molecule has 3 nitrogen and oxygen atoms in total. The van der Waals surface area contributed by atoms with Gasteiger partial charge < -0.3 is 4.42 Å². The average Bonchev–Trinajstić information content (AvgIpc) is 3.39. The number of nitrogens with zero attached hydrogens (tertiary/aromatic N) is 2. The number of nitriles is 1. The molecule has 0 atom stereocenters. The van der Waals surface area contributed by atoms with Crippen molar-refractivity contribution in [2.24, 2.45) is 0 Å². The molecule has 3 heterocycles. The van der Waals surface area contributed by atoms with Gasteiger partial charge in [-0.25, -0.2) is 4.98 Å². The van der Waals surface area contributed by atoms with Crippen molar-refractivity contribution in [2.45, 2.75) is 0 Å². The average molecular weight is 429 g/mol. The Kier molecular flexibility index (Phi) is 5.15. The molecule has 27 heavy (non-hydrogen) atoms. The van der Waals surface area contributed by atoms with E-state index in [9.17, 15) is 5.26 Å². The van der Waals surface area contributed by atoms with Crippen molar-refractivity contribution in [2.75, 3.05) is 0 Å². The summed E-state index contributed by atoms with van der Waals surface area (Å²) in [7, 11) is 0.